The van der Waals surface area contributed by atoms with Crippen LogP contribution < -0.4 is 20.9 Å². The lowest BCUT2D eigenvalue weighted by molar-refractivity contribution is 0.0961. The third-order valence-electron chi connectivity index (χ3n) is 5.44. The summed E-state index contributed by atoms with van der Waals surface area (Å²) < 4.78 is 27.6. The van der Waals surface area contributed by atoms with Crippen LogP contribution in [-0.2, 0) is 10.0 Å². The highest BCUT2D eigenvalue weighted by molar-refractivity contribution is 7.90. The summed E-state index contributed by atoms with van der Waals surface area (Å²) in [6, 6.07) is 14.4. The average Bonchev–Trinajstić information content (AvgIpc) is 3.27. The number of pyridine rings is 1. The second kappa shape index (κ2) is 9.48. The molecule has 4 rings (SSSR count). The Kier molecular flexibility index (Phi) is 6.55. The van der Waals surface area contributed by atoms with Crippen LogP contribution in [0.2, 0.25) is 0 Å². The van der Waals surface area contributed by atoms with Gasteiger partial charge in [0.1, 0.15) is 22.8 Å². The van der Waals surface area contributed by atoms with Gasteiger partial charge in [-0.3, -0.25) is 24.5 Å². The molecule has 6 N–H and O–H groups in total. The predicted octanol–water partition coefficient (Wildman–Crippen LogP) is 2.22. The van der Waals surface area contributed by atoms with Gasteiger partial charge >= 0.3 is 0 Å². The maximum absolute atomic E-state index is 13.7. The van der Waals surface area contributed by atoms with E-state index < -0.39 is 38.6 Å². The summed E-state index contributed by atoms with van der Waals surface area (Å²) in [4.78, 5) is 41.1. The minimum Gasteiger partial charge on any atom is -0.383 e. The van der Waals surface area contributed by atoms with Crippen molar-refractivity contribution in [2.75, 3.05) is 10.6 Å². The number of nitrogens with one attached hydrogen (secondary N) is 5. The molecule has 0 spiro atoms. The number of benzene rings is 2. The van der Waals surface area contributed by atoms with Gasteiger partial charge in [0.15, 0.2) is 0 Å². The second-order valence-corrected chi connectivity index (χ2v) is 10.4. The van der Waals surface area contributed by atoms with Crippen LogP contribution in [0.3, 0.4) is 0 Å². The fourth-order valence-corrected chi connectivity index (χ4v) is 4.63. The Labute approximate surface area is 211 Å². The summed E-state index contributed by atoms with van der Waals surface area (Å²) in [6.07, 6.45) is 1.28. The Morgan fingerprint density at radius 2 is 1.51 bits per heavy atom. The zero-order chi connectivity index (χ0) is 27.0. The number of amidine groups is 1. The molecule has 11 nitrogen and oxygen atoms in total. The first-order valence-corrected chi connectivity index (χ1v) is 12.4. The SMILES string of the molecule is CC(C)(O)C(=N)NS(=O)(=O)c1cccc(C(=O)C(C(=O)c2cc[nH]c(=O)c2)=C2Nc3ccccc3N2)c1. The van der Waals surface area contributed by atoms with E-state index in [2.05, 4.69) is 15.6 Å². The number of ketones is 2. The normalized spacial score (nSPS) is 12.7. The number of fused-ring (bicyclic) bond motifs is 1. The molecule has 3 aromatic rings. The van der Waals surface area contributed by atoms with E-state index >= 15 is 0 Å². The van der Waals surface area contributed by atoms with E-state index in [0.717, 1.165) is 12.1 Å². The Balaban J connectivity index is 1.78. The van der Waals surface area contributed by atoms with E-state index in [1.807, 2.05) is 4.72 Å². The number of carbonyl (C=O) groups excluding carboxylic acids is 2. The largest absolute Gasteiger partial charge is 0.383 e. The highest BCUT2D eigenvalue weighted by Crippen LogP contribution is 2.32. The van der Waals surface area contributed by atoms with Crippen LogP contribution in [0.1, 0.15) is 34.6 Å². The van der Waals surface area contributed by atoms with Crippen molar-refractivity contribution in [3.8, 4) is 0 Å². The van der Waals surface area contributed by atoms with Crippen molar-refractivity contribution >= 4 is 38.8 Å². The third-order valence-corrected chi connectivity index (χ3v) is 6.79. The fraction of sp³-hybridized carbons (Fsp3) is 0.120. The fourth-order valence-electron chi connectivity index (χ4n) is 3.45. The zero-order valence-electron chi connectivity index (χ0n) is 19.7. The van der Waals surface area contributed by atoms with Crippen LogP contribution in [0, 0.1) is 5.41 Å². The first-order valence-electron chi connectivity index (χ1n) is 11.0. The lowest BCUT2D eigenvalue weighted by atomic mass is 9.96. The van der Waals surface area contributed by atoms with Crippen molar-refractivity contribution in [1.82, 2.24) is 9.71 Å². The smallest absolute Gasteiger partial charge is 0.262 e. The van der Waals surface area contributed by atoms with Crippen molar-refractivity contribution in [2.45, 2.75) is 24.3 Å². The van der Waals surface area contributed by atoms with Crippen molar-refractivity contribution in [1.29, 1.82) is 5.41 Å². The van der Waals surface area contributed by atoms with Crippen LogP contribution in [-0.4, -0.2) is 41.5 Å². The number of Topliss-reactive ketones (excluding diaryl/α,β-unsaturated/α-hetero) is 2. The summed E-state index contributed by atoms with van der Waals surface area (Å²) in [7, 11) is -4.33. The van der Waals surface area contributed by atoms with Crippen LogP contribution in [0.25, 0.3) is 0 Å². The first kappa shape index (κ1) is 25.5. The summed E-state index contributed by atoms with van der Waals surface area (Å²) in [5.41, 5.74) is -1.55. The molecule has 0 saturated heterocycles. The molecule has 0 fully saturated rings. The summed E-state index contributed by atoms with van der Waals surface area (Å²) in [5, 5.41) is 23.7. The number of aromatic amines is 1. The number of rotatable bonds is 7. The molecule has 0 atom stereocenters. The minimum absolute atomic E-state index is 0.0387. The average molecular weight is 522 g/mol. The Morgan fingerprint density at radius 1 is 0.919 bits per heavy atom. The second-order valence-electron chi connectivity index (χ2n) is 8.71. The van der Waals surface area contributed by atoms with Gasteiger partial charge in [-0.1, -0.05) is 24.3 Å². The molecule has 0 unspecified atom stereocenters. The van der Waals surface area contributed by atoms with Gasteiger partial charge in [0.2, 0.25) is 17.1 Å². The minimum atomic E-state index is -4.33. The van der Waals surface area contributed by atoms with Gasteiger partial charge in [0, 0.05) is 23.4 Å². The molecule has 1 aromatic heterocycles. The monoisotopic (exact) mass is 521 g/mol. The van der Waals surface area contributed by atoms with Gasteiger partial charge in [-0.05, 0) is 44.2 Å². The van der Waals surface area contributed by atoms with Gasteiger partial charge in [0.05, 0.1) is 16.3 Å². The maximum atomic E-state index is 13.7. The van der Waals surface area contributed by atoms with E-state index in [0.29, 0.717) is 11.4 Å². The number of carbonyl (C=O) groups is 2. The van der Waals surface area contributed by atoms with Crippen LogP contribution in [0.4, 0.5) is 11.4 Å². The van der Waals surface area contributed by atoms with Gasteiger partial charge < -0.3 is 20.7 Å². The molecular formula is C25H23N5O6S. The standard InChI is InChI=1S/C25H23N5O6S/c1-25(2,34)24(26)30-37(35,36)16-7-5-6-14(12-16)21(32)20(22(33)15-10-11-27-19(31)13-15)23-28-17-8-3-4-9-18(17)29-23/h3-13,28-29,34H,1-2H3,(H2,26,30)(H,27,31). The molecule has 12 heteroatoms. The quantitative estimate of drug-likeness (QED) is 0.0683. The number of sulfonamides is 1. The topological polar surface area (TPSA) is 181 Å². The molecule has 1 aliphatic rings. The number of anilines is 2. The lowest BCUT2D eigenvalue weighted by Crippen LogP contribution is -2.44. The highest BCUT2D eigenvalue weighted by atomic mass is 32.2. The molecule has 0 amide bonds. The molecule has 2 aromatic carbocycles. The number of para-hydroxylation sites is 2. The number of allylic oxidation sites excluding steroid dienone is 1. The van der Waals surface area contributed by atoms with E-state index in [1.165, 1.54) is 44.3 Å². The van der Waals surface area contributed by atoms with E-state index in [1.54, 1.807) is 24.3 Å². The Bertz CT molecular complexity index is 1610. The van der Waals surface area contributed by atoms with E-state index in [9.17, 15) is 27.9 Å². The van der Waals surface area contributed by atoms with Gasteiger partial charge in [-0.2, -0.15) is 0 Å². The zero-order valence-corrected chi connectivity index (χ0v) is 20.6. The molecular weight excluding hydrogens is 498 g/mol. The Morgan fingerprint density at radius 3 is 2.08 bits per heavy atom. The molecule has 0 radical (unpaired) electrons. The molecule has 0 saturated carbocycles. The third kappa shape index (κ3) is 5.34. The van der Waals surface area contributed by atoms with Crippen LogP contribution in [0.15, 0.2) is 87.9 Å². The predicted molar refractivity (Wildman–Crippen MR) is 137 cm³/mol. The molecule has 0 bridgehead atoms. The van der Waals surface area contributed by atoms with Crippen LogP contribution >= 0.6 is 0 Å². The molecule has 2 heterocycles. The van der Waals surface area contributed by atoms with Crippen molar-refractivity contribution in [3.63, 3.8) is 0 Å². The number of aromatic nitrogens is 1. The summed E-state index contributed by atoms with van der Waals surface area (Å²) in [5.74, 6) is -2.14. The number of hydrogen-bond donors (Lipinski definition) is 6. The molecule has 1 aliphatic heterocycles. The summed E-state index contributed by atoms with van der Waals surface area (Å²) >= 11 is 0. The van der Waals surface area contributed by atoms with Crippen molar-refractivity contribution < 1.29 is 23.1 Å². The number of aliphatic hydroxyl groups is 1. The van der Waals surface area contributed by atoms with Crippen molar-refractivity contribution in [3.05, 3.63) is 99.7 Å². The van der Waals surface area contributed by atoms with Gasteiger partial charge in [0.25, 0.3) is 10.0 Å². The van der Waals surface area contributed by atoms with Crippen LogP contribution in [0.5, 0.6) is 0 Å². The van der Waals surface area contributed by atoms with Crippen molar-refractivity contribution in [2.24, 2.45) is 0 Å². The molecule has 37 heavy (non-hydrogen) atoms. The summed E-state index contributed by atoms with van der Waals surface area (Å²) in [6.45, 7) is 2.49. The van der Waals surface area contributed by atoms with E-state index in [-0.39, 0.29) is 27.4 Å². The highest BCUT2D eigenvalue weighted by Gasteiger charge is 2.31. The van der Waals surface area contributed by atoms with E-state index in [4.69, 9.17) is 5.41 Å². The maximum Gasteiger partial charge on any atom is 0.262 e. The molecule has 190 valence electrons. The number of H-pyrrole nitrogens is 1. The lowest BCUT2D eigenvalue weighted by Gasteiger charge is -2.20. The number of hydrogen-bond acceptors (Lipinski definition) is 9. The van der Waals surface area contributed by atoms with Gasteiger partial charge in [-0.15, -0.1) is 0 Å². The Hall–Kier alpha value is -4.55. The molecule has 0 aliphatic carbocycles. The van der Waals surface area contributed by atoms with Gasteiger partial charge in [-0.25, -0.2) is 8.42 Å². The first-order chi connectivity index (χ1) is 17.4.